The molecule has 0 spiro atoms. The van der Waals surface area contributed by atoms with Crippen LogP contribution in [0, 0.1) is 6.92 Å². The van der Waals surface area contributed by atoms with Crippen LogP contribution in [-0.4, -0.2) is 48.4 Å². The fourth-order valence-corrected chi connectivity index (χ4v) is 4.13. The molecule has 5 rings (SSSR count). The van der Waals surface area contributed by atoms with Gasteiger partial charge in [-0.2, -0.15) is 0 Å². The number of anilines is 1. The highest BCUT2D eigenvalue weighted by Crippen LogP contribution is 2.29. The standard InChI is InChI=1S/C21H25N7O/c1-13(2)28-14(3)25-20-18(28)9-15(10-22-20)17-6-7-27-19(17)12-24-21(26-27)23-11-16-5-4-8-29-16/h6-7,9-10,12-13,16H,4-5,8,11H2,1-3H3,(H,23,26). The summed E-state index contributed by atoms with van der Waals surface area (Å²) in [6, 6.07) is 4.53. The van der Waals surface area contributed by atoms with Crippen LogP contribution in [0.15, 0.2) is 30.7 Å². The van der Waals surface area contributed by atoms with Crippen LogP contribution in [0.2, 0.25) is 0 Å². The van der Waals surface area contributed by atoms with Gasteiger partial charge in [-0.25, -0.2) is 19.5 Å². The minimum absolute atomic E-state index is 0.251. The first kappa shape index (κ1) is 18.1. The van der Waals surface area contributed by atoms with Gasteiger partial charge in [0.25, 0.3) is 0 Å². The van der Waals surface area contributed by atoms with Crippen LogP contribution < -0.4 is 5.32 Å². The van der Waals surface area contributed by atoms with Gasteiger partial charge in [0.1, 0.15) is 5.82 Å². The molecule has 0 radical (unpaired) electrons. The molecule has 1 atom stereocenters. The Morgan fingerprint density at radius 2 is 2.14 bits per heavy atom. The topological polar surface area (TPSA) is 82.2 Å². The summed E-state index contributed by atoms with van der Waals surface area (Å²) < 4.78 is 9.72. The van der Waals surface area contributed by atoms with E-state index >= 15 is 0 Å². The van der Waals surface area contributed by atoms with E-state index in [1.54, 1.807) is 0 Å². The molecule has 4 aromatic heterocycles. The number of nitrogens with one attached hydrogen (secondary N) is 1. The van der Waals surface area contributed by atoms with Crippen molar-refractivity contribution < 1.29 is 4.74 Å². The van der Waals surface area contributed by atoms with E-state index in [0.717, 1.165) is 59.6 Å². The summed E-state index contributed by atoms with van der Waals surface area (Å²) in [6.07, 6.45) is 8.15. The average Bonchev–Trinajstić information content (AvgIpc) is 3.43. The van der Waals surface area contributed by atoms with Gasteiger partial charge in [-0.15, -0.1) is 5.10 Å². The number of nitrogens with zero attached hydrogens (tertiary/aromatic N) is 6. The van der Waals surface area contributed by atoms with Gasteiger partial charge in [-0.1, -0.05) is 0 Å². The van der Waals surface area contributed by atoms with Crippen LogP contribution in [0.5, 0.6) is 0 Å². The summed E-state index contributed by atoms with van der Waals surface area (Å²) in [7, 11) is 0. The normalized spacial score (nSPS) is 17.0. The number of imidazole rings is 1. The molecule has 1 unspecified atom stereocenters. The highest BCUT2D eigenvalue weighted by atomic mass is 16.5. The molecular formula is C21H25N7O. The Hall–Kier alpha value is -3.00. The second-order valence-electron chi connectivity index (χ2n) is 7.85. The lowest BCUT2D eigenvalue weighted by molar-refractivity contribution is 0.120. The second-order valence-corrected chi connectivity index (χ2v) is 7.85. The van der Waals surface area contributed by atoms with Crippen molar-refractivity contribution in [1.82, 2.24) is 29.1 Å². The highest BCUT2D eigenvalue weighted by molar-refractivity contribution is 5.85. The van der Waals surface area contributed by atoms with Crippen LogP contribution in [0.25, 0.3) is 27.8 Å². The Morgan fingerprint density at radius 1 is 1.24 bits per heavy atom. The van der Waals surface area contributed by atoms with Gasteiger partial charge in [0.15, 0.2) is 5.65 Å². The largest absolute Gasteiger partial charge is 0.376 e. The lowest BCUT2D eigenvalue weighted by atomic mass is 10.1. The first-order chi connectivity index (χ1) is 14.1. The lowest BCUT2D eigenvalue weighted by Crippen LogP contribution is -2.20. The van der Waals surface area contributed by atoms with Gasteiger partial charge in [0, 0.05) is 42.7 Å². The van der Waals surface area contributed by atoms with Crippen molar-refractivity contribution in [3.05, 3.63) is 36.5 Å². The Bertz CT molecular complexity index is 1170. The molecule has 150 valence electrons. The second kappa shape index (κ2) is 7.11. The SMILES string of the molecule is Cc1nc2ncc(-c3ccn4nc(NCC5CCCO5)ncc34)cc2n1C(C)C. The molecule has 1 aliphatic rings. The molecule has 1 N–H and O–H groups in total. The Kier molecular flexibility index (Phi) is 4.43. The summed E-state index contributed by atoms with van der Waals surface area (Å²) >= 11 is 0. The van der Waals surface area contributed by atoms with Gasteiger partial charge in [-0.3, -0.25) is 0 Å². The minimum atomic E-state index is 0.251. The first-order valence-electron chi connectivity index (χ1n) is 10.1. The molecule has 1 fully saturated rings. The number of ether oxygens (including phenoxy) is 1. The molecular weight excluding hydrogens is 366 g/mol. The molecule has 0 amide bonds. The summed E-state index contributed by atoms with van der Waals surface area (Å²) in [6.45, 7) is 7.93. The predicted octanol–water partition coefficient (Wildman–Crippen LogP) is 3.62. The maximum atomic E-state index is 5.65. The van der Waals surface area contributed by atoms with Crippen LogP contribution in [-0.2, 0) is 4.74 Å². The van der Waals surface area contributed by atoms with Gasteiger partial charge >= 0.3 is 0 Å². The van der Waals surface area contributed by atoms with E-state index in [1.807, 2.05) is 30.0 Å². The average molecular weight is 391 g/mol. The summed E-state index contributed by atoms with van der Waals surface area (Å²) in [5.74, 6) is 1.59. The van der Waals surface area contributed by atoms with Crippen molar-refractivity contribution in [2.24, 2.45) is 0 Å². The molecule has 0 bridgehead atoms. The third-order valence-electron chi connectivity index (χ3n) is 5.48. The van der Waals surface area contributed by atoms with E-state index in [0.29, 0.717) is 12.0 Å². The molecule has 1 aliphatic heterocycles. The summed E-state index contributed by atoms with van der Waals surface area (Å²) in [4.78, 5) is 13.7. The Labute approximate surface area is 168 Å². The molecule has 0 aromatic carbocycles. The Morgan fingerprint density at radius 3 is 2.93 bits per heavy atom. The van der Waals surface area contributed by atoms with E-state index in [1.165, 1.54) is 0 Å². The highest BCUT2D eigenvalue weighted by Gasteiger charge is 2.17. The molecule has 0 aliphatic carbocycles. The maximum absolute atomic E-state index is 5.65. The monoisotopic (exact) mass is 391 g/mol. The first-order valence-corrected chi connectivity index (χ1v) is 10.1. The van der Waals surface area contributed by atoms with Crippen LogP contribution in [0.3, 0.4) is 0 Å². The van der Waals surface area contributed by atoms with E-state index in [2.05, 4.69) is 55.9 Å². The fraction of sp³-hybridized carbons (Fsp3) is 0.429. The lowest BCUT2D eigenvalue weighted by Gasteiger charge is -2.11. The third kappa shape index (κ3) is 3.23. The number of rotatable bonds is 5. The quantitative estimate of drug-likeness (QED) is 0.559. The van der Waals surface area contributed by atoms with Crippen molar-refractivity contribution in [3.63, 3.8) is 0 Å². The number of hydrogen-bond acceptors (Lipinski definition) is 6. The summed E-state index contributed by atoms with van der Waals surface area (Å²) in [5, 5.41) is 7.88. The van der Waals surface area contributed by atoms with Crippen molar-refractivity contribution in [2.75, 3.05) is 18.5 Å². The molecule has 1 saturated heterocycles. The van der Waals surface area contributed by atoms with E-state index < -0.39 is 0 Å². The zero-order valence-electron chi connectivity index (χ0n) is 17.0. The zero-order valence-corrected chi connectivity index (χ0v) is 17.0. The third-order valence-corrected chi connectivity index (χ3v) is 5.48. The predicted molar refractivity (Wildman–Crippen MR) is 112 cm³/mol. The smallest absolute Gasteiger partial charge is 0.241 e. The molecule has 8 nitrogen and oxygen atoms in total. The molecule has 29 heavy (non-hydrogen) atoms. The van der Waals surface area contributed by atoms with Gasteiger partial charge in [-0.05, 0) is 45.7 Å². The number of hydrogen-bond donors (Lipinski definition) is 1. The molecule has 8 heteroatoms. The fourth-order valence-electron chi connectivity index (χ4n) is 4.13. The van der Waals surface area contributed by atoms with Gasteiger partial charge in [0.2, 0.25) is 5.95 Å². The minimum Gasteiger partial charge on any atom is -0.376 e. The van der Waals surface area contributed by atoms with E-state index in [4.69, 9.17) is 4.74 Å². The van der Waals surface area contributed by atoms with Crippen molar-refractivity contribution >= 4 is 22.6 Å². The van der Waals surface area contributed by atoms with Crippen molar-refractivity contribution in [1.29, 1.82) is 0 Å². The number of aromatic nitrogens is 6. The summed E-state index contributed by atoms with van der Waals surface area (Å²) in [5.41, 5.74) is 4.86. The van der Waals surface area contributed by atoms with Crippen molar-refractivity contribution in [3.8, 4) is 11.1 Å². The van der Waals surface area contributed by atoms with Crippen molar-refractivity contribution in [2.45, 2.75) is 45.8 Å². The number of fused-ring (bicyclic) bond motifs is 2. The molecule has 0 saturated carbocycles. The van der Waals surface area contributed by atoms with Crippen LogP contribution in [0.4, 0.5) is 5.95 Å². The van der Waals surface area contributed by atoms with Crippen LogP contribution in [0.1, 0.15) is 38.6 Å². The van der Waals surface area contributed by atoms with Gasteiger partial charge < -0.3 is 14.6 Å². The van der Waals surface area contributed by atoms with Crippen LogP contribution >= 0.6 is 0 Å². The van der Waals surface area contributed by atoms with E-state index in [-0.39, 0.29) is 6.10 Å². The number of pyridine rings is 1. The maximum Gasteiger partial charge on any atom is 0.241 e. The Balaban J connectivity index is 1.47. The number of aryl methyl sites for hydroxylation is 1. The van der Waals surface area contributed by atoms with Gasteiger partial charge in [0.05, 0.1) is 23.3 Å². The zero-order chi connectivity index (χ0) is 20.0. The van der Waals surface area contributed by atoms with E-state index in [9.17, 15) is 0 Å². The molecule has 5 heterocycles. The molecule has 4 aromatic rings.